The maximum Gasteiger partial charge on any atom is 1.00 e. The van der Waals surface area contributed by atoms with Crippen LogP contribution < -0.4 is 29.6 Å². The Balaban J connectivity index is 0.000000303. The van der Waals surface area contributed by atoms with Crippen LogP contribution in [0.1, 0.15) is 30.9 Å². The Hall–Kier alpha value is -2.18. The predicted octanol–water partition coefficient (Wildman–Crippen LogP) is 2.15. The van der Waals surface area contributed by atoms with Crippen LogP contribution in [-0.2, 0) is 14.3 Å². The van der Waals surface area contributed by atoms with Gasteiger partial charge in [0.1, 0.15) is 0 Å². The molecule has 164 valence electrons. The molecule has 4 atom stereocenters. The molecule has 4 unspecified atom stereocenters. The zero-order valence-corrected chi connectivity index (χ0v) is 20.6. The molecule has 32 heavy (non-hydrogen) atoms. The van der Waals surface area contributed by atoms with Crippen LogP contribution in [0.5, 0.6) is 0 Å². The van der Waals surface area contributed by atoms with Crippen LogP contribution in [0.25, 0.3) is 12.2 Å². The van der Waals surface area contributed by atoms with Crippen LogP contribution in [0.2, 0.25) is 0 Å². The number of aliphatic carboxylic acids is 1. The molecule has 2 saturated carbocycles. The molecule has 0 radical (unpaired) electrons. The number of carbonyl (C=O) groups excluding carboxylic acids is 1. The molecule has 2 fully saturated rings. The first-order valence-corrected chi connectivity index (χ1v) is 10.4. The van der Waals surface area contributed by atoms with E-state index in [1.807, 2.05) is 67.6 Å². The first-order valence-electron chi connectivity index (χ1n) is 10.4. The summed E-state index contributed by atoms with van der Waals surface area (Å²) in [5.41, 5.74) is 2.31. The normalized spacial score (nSPS) is 22.7. The van der Waals surface area contributed by atoms with Crippen molar-refractivity contribution in [1.82, 2.24) is 0 Å². The number of hydrogen-bond acceptors (Lipinski definition) is 4. The third kappa shape index (κ3) is 9.13. The van der Waals surface area contributed by atoms with Gasteiger partial charge in [0.15, 0.2) is 0 Å². The molecule has 2 aliphatic rings. The minimum absolute atomic E-state index is 0. The monoisotopic (exact) mass is 444 g/mol. The maximum absolute atomic E-state index is 11.4. The summed E-state index contributed by atoms with van der Waals surface area (Å²) in [6, 6.07) is 20.1. The molecule has 0 spiro atoms. The quantitative estimate of drug-likeness (QED) is 0.522. The van der Waals surface area contributed by atoms with Crippen molar-refractivity contribution in [2.24, 2.45) is 23.7 Å². The number of carboxylic acids is 1. The van der Waals surface area contributed by atoms with Crippen LogP contribution in [0.4, 0.5) is 0 Å². The van der Waals surface area contributed by atoms with E-state index in [4.69, 9.17) is 9.84 Å². The molecule has 2 aromatic rings. The van der Waals surface area contributed by atoms with Gasteiger partial charge >= 0.3 is 41.5 Å². The van der Waals surface area contributed by atoms with Crippen molar-refractivity contribution in [2.75, 3.05) is 6.61 Å². The van der Waals surface area contributed by atoms with Gasteiger partial charge in [-0.3, -0.25) is 9.59 Å². The molecule has 0 bridgehead atoms. The molecule has 0 amide bonds. The number of carboxylic acid groups (broad SMARTS) is 1. The van der Waals surface area contributed by atoms with Gasteiger partial charge in [-0.15, -0.1) is 0 Å². The number of ether oxygens (including phenoxy) is 1. The predicted molar refractivity (Wildman–Crippen MR) is 120 cm³/mol. The Kier molecular flexibility index (Phi) is 12.2. The zero-order valence-electron chi connectivity index (χ0n) is 18.6. The maximum atomic E-state index is 11.4. The van der Waals surface area contributed by atoms with Crippen molar-refractivity contribution < 1.29 is 54.5 Å². The summed E-state index contributed by atoms with van der Waals surface area (Å²) in [5, 5.41) is 8.69. The number of carbonyl (C=O) groups is 2. The second kappa shape index (κ2) is 14.1. The molecule has 0 aliphatic heterocycles. The summed E-state index contributed by atoms with van der Waals surface area (Å²) < 4.78 is 4.98. The summed E-state index contributed by atoms with van der Waals surface area (Å²) in [6.45, 7) is 2.32. The van der Waals surface area contributed by atoms with Crippen molar-refractivity contribution in [3.63, 3.8) is 0 Å². The number of benzene rings is 2. The second-order valence-electron chi connectivity index (χ2n) is 7.64. The summed E-state index contributed by atoms with van der Waals surface area (Å²) in [6.07, 6.45) is 9.89. The Morgan fingerprint density at radius 2 is 1.31 bits per heavy atom. The molecule has 0 saturated heterocycles. The third-order valence-electron chi connectivity index (χ3n) is 5.26. The fourth-order valence-electron chi connectivity index (χ4n) is 3.26. The topological polar surface area (TPSA) is 93.6 Å². The van der Waals surface area contributed by atoms with E-state index in [1.165, 1.54) is 5.56 Å². The zero-order chi connectivity index (χ0) is 21.3. The van der Waals surface area contributed by atoms with Crippen LogP contribution >= 0.6 is 0 Å². The van der Waals surface area contributed by atoms with Gasteiger partial charge in [0, 0.05) is 0 Å². The third-order valence-corrected chi connectivity index (χ3v) is 5.26. The van der Waals surface area contributed by atoms with Gasteiger partial charge in [0.25, 0.3) is 0 Å². The average Bonchev–Trinajstić information content (AvgIpc) is 3.68. The van der Waals surface area contributed by atoms with Gasteiger partial charge in [0.2, 0.25) is 0 Å². The number of rotatable bonds is 7. The fourth-order valence-corrected chi connectivity index (χ4v) is 3.26. The largest absolute Gasteiger partial charge is 1.00 e. The Morgan fingerprint density at radius 1 is 0.875 bits per heavy atom. The Morgan fingerprint density at radius 3 is 1.72 bits per heavy atom. The van der Waals surface area contributed by atoms with Gasteiger partial charge in [0.05, 0.1) is 18.4 Å². The van der Waals surface area contributed by atoms with E-state index in [9.17, 15) is 9.59 Å². The van der Waals surface area contributed by atoms with E-state index in [0.717, 1.165) is 18.4 Å². The van der Waals surface area contributed by atoms with Gasteiger partial charge in [-0.2, -0.15) is 0 Å². The van der Waals surface area contributed by atoms with Gasteiger partial charge < -0.3 is 15.3 Å². The average molecular weight is 445 g/mol. The molecule has 4 rings (SSSR count). The number of esters is 1. The van der Waals surface area contributed by atoms with Crippen molar-refractivity contribution >= 4 is 24.1 Å². The SMILES string of the molecule is CCOC(=O)C1CC1/C=C\c1ccccc1.O=C(O)C1CC1/C=C\c1ccccc1.[Na+].[OH-]. The van der Waals surface area contributed by atoms with E-state index in [0.29, 0.717) is 12.5 Å². The summed E-state index contributed by atoms with van der Waals surface area (Å²) in [5.74, 6) is -0.153. The molecule has 5 nitrogen and oxygen atoms in total. The van der Waals surface area contributed by atoms with Crippen LogP contribution in [0.15, 0.2) is 72.8 Å². The molecule has 0 aromatic heterocycles. The molecule has 2 N–H and O–H groups in total. The molecule has 2 aromatic carbocycles. The molecule has 2 aliphatic carbocycles. The molecule has 0 heterocycles. The first-order chi connectivity index (χ1) is 14.6. The smallest absolute Gasteiger partial charge is 0.870 e. The van der Waals surface area contributed by atoms with Crippen LogP contribution in [0.3, 0.4) is 0 Å². The van der Waals surface area contributed by atoms with Crippen molar-refractivity contribution in [3.05, 3.63) is 83.9 Å². The number of allylic oxidation sites excluding steroid dienone is 2. The van der Waals surface area contributed by atoms with Crippen molar-refractivity contribution in [3.8, 4) is 0 Å². The molecular formula is C26H29NaO5. The number of hydrogen-bond donors (Lipinski definition) is 1. The van der Waals surface area contributed by atoms with Gasteiger partial charge in [-0.25, -0.2) is 0 Å². The first kappa shape index (κ1) is 27.9. The van der Waals surface area contributed by atoms with E-state index in [2.05, 4.69) is 24.3 Å². The minimum atomic E-state index is -0.673. The molecular weight excluding hydrogens is 415 g/mol. The van der Waals surface area contributed by atoms with E-state index in [1.54, 1.807) is 0 Å². The van der Waals surface area contributed by atoms with E-state index < -0.39 is 5.97 Å². The fraction of sp³-hybridized carbons (Fsp3) is 0.308. The standard InChI is InChI=1S/C14H16O2.C12H12O2.Na.H2O/c1-2-16-14(15)13-10-12(13)9-8-11-6-4-3-5-7-11;13-12(14)11-8-10(11)7-6-9-4-2-1-3-5-9;;/h3-9,12-13H,2,10H2,1H3;1-7,10-11H,8H2,(H,13,14);;1H2/q;;+1;/p-1/b9-8-;7-6-;;. The minimum Gasteiger partial charge on any atom is -0.870 e. The molecule has 6 heteroatoms. The van der Waals surface area contributed by atoms with Gasteiger partial charge in [-0.1, -0.05) is 85.0 Å². The second-order valence-corrected chi connectivity index (χ2v) is 7.64. The van der Waals surface area contributed by atoms with Crippen LogP contribution in [0, 0.1) is 23.7 Å². The Bertz CT molecular complexity index is 895. The van der Waals surface area contributed by atoms with Crippen LogP contribution in [-0.4, -0.2) is 29.1 Å². The Labute approximate surface area is 211 Å². The summed E-state index contributed by atoms with van der Waals surface area (Å²) in [4.78, 5) is 21.9. The van der Waals surface area contributed by atoms with Crippen molar-refractivity contribution in [1.29, 1.82) is 0 Å². The van der Waals surface area contributed by atoms with E-state index in [-0.39, 0.29) is 58.8 Å². The summed E-state index contributed by atoms with van der Waals surface area (Å²) >= 11 is 0. The van der Waals surface area contributed by atoms with Crippen molar-refractivity contribution in [2.45, 2.75) is 19.8 Å². The summed E-state index contributed by atoms with van der Waals surface area (Å²) in [7, 11) is 0. The van der Waals surface area contributed by atoms with Gasteiger partial charge in [-0.05, 0) is 42.7 Å². The van der Waals surface area contributed by atoms with E-state index >= 15 is 0 Å².